The summed E-state index contributed by atoms with van der Waals surface area (Å²) in [6, 6.07) is 3.46. The quantitative estimate of drug-likeness (QED) is 0.849. The van der Waals surface area contributed by atoms with Gasteiger partial charge in [0.05, 0.1) is 0 Å². The number of nitrogens with one attached hydrogen (secondary N) is 1. The Kier molecular flexibility index (Phi) is 3.91. The van der Waals surface area contributed by atoms with Crippen LogP contribution < -0.4 is 5.32 Å². The van der Waals surface area contributed by atoms with Crippen LogP contribution in [-0.4, -0.2) is 16.4 Å². The number of amides is 1. The molecule has 0 aromatic carbocycles. The van der Waals surface area contributed by atoms with Gasteiger partial charge in [-0.3, -0.25) is 4.79 Å². The summed E-state index contributed by atoms with van der Waals surface area (Å²) in [5.41, 5.74) is 1.48. The predicted octanol–water partition coefficient (Wildman–Crippen LogP) is 3.36. The van der Waals surface area contributed by atoms with Crippen LogP contribution in [0.2, 0.25) is 5.15 Å². The summed E-state index contributed by atoms with van der Waals surface area (Å²) in [4.78, 5) is 16.4. The normalized spacial score (nSPS) is 17.1. The van der Waals surface area contributed by atoms with Gasteiger partial charge in [0.15, 0.2) is 0 Å². The standard InChI is InChI=1S/C14H19ClN2O/c1-3-11-8-10(9-12(15)16-11)13(18)17-14(4-2)6-5-7-14/h8-9H,3-7H2,1-2H3,(H,17,18). The van der Waals surface area contributed by atoms with E-state index >= 15 is 0 Å². The fraction of sp³-hybridized carbons (Fsp3) is 0.571. The number of carbonyl (C=O) groups excluding carboxylic acids is 1. The molecule has 1 aliphatic carbocycles. The van der Waals surface area contributed by atoms with Gasteiger partial charge in [-0.2, -0.15) is 0 Å². The van der Waals surface area contributed by atoms with Crippen LogP contribution in [0.4, 0.5) is 0 Å². The van der Waals surface area contributed by atoms with Crippen molar-refractivity contribution in [1.29, 1.82) is 0 Å². The molecule has 1 aliphatic rings. The fourth-order valence-corrected chi connectivity index (χ4v) is 2.57. The molecule has 1 aromatic rings. The molecule has 0 aliphatic heterocycles. The minimum absolute atomic E-state index is 0.0131. The van der Waals surface area contributed by atoms with Gasteiger partial charge in [-0.25, -0.2) is 4.98 Å². The number of rotatable bonds is 4. The summed E-state index contributed by atoms with van der Waals surface area (Å²) in [5, 5.41) is 3.54. The Bertz CT molecular complexity index is 450. The SMILES string of the molecule is CCc1cc(C(=O)NC2(CC)CCC2)cc(Cl)n1. The fourth-order valence-electron chi connectivity index (χ4n) is 2.35. The molecule has 0 bridgehead atoms. The van der Waals surface area contributed by atoms with Crippen molar-refractivity contribution >= 4 is 17.5 Å². The van der Waals surface area contributed by atoms with Crippen LogP contribution in [0.15, 0.2) is 12.1 Å². The zero-order valence-corrected chi connectivity index (χ0v) is 11.7. The van der Waals surface area contributed by atoms with Crippen molar-refractivity contribution in [3.05, 3.63) is 28.5 Å². The summed E-state index contributed by atoms with van der Waals surface area (Å²) in [7, 11) is 0. The molecule has 1 amide bonds. The smallest absolute Gasteiger partial charge is 0.251 e. The van der Waals surface area contributed by atoms with Gasteiger partial charge in [-0.1, -0.05) is 25.4 Å². The Morgan fingerprint density at radius 2 is 2.17 bits per heavy atom. The highest BCUT2D eigenvalue weighted by atomic mass is 35.5. The van der Waals surface area contributed by atoms with Crippen molar-refractivity contribution in [3.63, 3.8) is 0 Å². The lowest BCUT2D eigenvalue weighted by atomic mass is 9.74. The third-order valence-electron chi connectivity index (χ3n) is 3.84. The van der Waals surface area contributed by atoms with E-state index in [0.717, 1.165) is 31.4 Å². The molecule has 0 unspecified atom stereocenters. The van der Waals surface area contributed by atoms with E-state index in [1.165, 1.54) is 6.42 Å². The zero-order valence-electron chi connectivity index (χ0n) is 10.9. The van der Waals surface area contributed by atoms with Crippen LogP contribution in [0.3, 0.4) is 0 Å². The summed E-state index contributed by atoms with van der Waals surface area (Å²) >= 11 is 5.93. The van der Waals surface area contributed by atoms with E-state index in [4.69, 9.17) is 11.6 Å². The molecule has 0 saturated heterocycles. The second-order valence-corrected chi connectivity index (χ2v) is 5.35. The van der Waals surface area contributed by atoms with Crippen LogP contribution in [0.25, 0.3) is 0 Å². The minimum atomic E-state index is -0.0319. The average Bonchev–Trinajstić information content (AvgIpc) is 2.32. The number of aryl methyl sites for hydroxylation is 1. The molecule has 0 spiro atoms. The molecule has 1 heterocycles. The molecular formula is C14H19ClN2O. The van der Waals surface area contributed by atoms with Crippen molar-refractivity contribution in [1.82, 2.24) is 10.3 Å². The van der Waals surface area contributed by atoms with Crippen LogP contribution in [0.1, 0.15) is 55.6 Å². The Morgan fingerprint density at radius 1 is 1.44 bits per heavy atom. The Balaban J connectivity index is 2.15. The predicted molar refractivity (Wildman–Crippen MR) is 73.0 cm³/mol. The third-order valence-corrected chi connectivity index (χ3v) is 4.03. The summed E-state index contributed by atoms with van der Waals surface area (Å²) in [5.74, 6) is -0.0319. The molecule has 2 rings (SSSR count). The van der Waals surface area contributed by atoms with Crippen molar-refractivity contribution in [2.45, 2.75) is 51.5 Å². The largest absolute Gasteiger partial charge is 0.347 e. The van der Waals surface area contributed by atoms with E-state index < -0.39 is 0 Å². The average molecular weight is 267 g/mol. The molecule has 1 N–H and O–H groups in total. The first kappa shape index (κ1) is 13.3. The topological polar surface area (TPSA) is 42.0 Å². The molecule has 4 heteroatoms. The third kappa shape index (κ3) is 2.66. The molecule has 18 heavy (non-hydrogen) atoms. The number of pyridine rings is 1. The molecule has 1 fully saturated rings. The van der Waals surface area contributed by atoms with E-state index in [1.54, 1.807) is 6.07 Å². The van der Waals surface area contributed by atoms with Crippen molar-refractivity contribution in [2.75, 3.05) is 0 Å². The molecule has 0 atom stereocenters. The monoisotopic (exact) mass is 266 g/mol. The van der Waals surface area contributed by atoms with Gasteiger partial charge in [-0.05, 0) is 44.2 Å². The highest BCUT2D eigenvalue weighted by molar-refractivity contribution is 6.29. The van der Waals surface area contributed by atoms with Crippen molar-refractivity contribution in [3.8, 4) is 0 Å². The van der Waals surface area contributed by atoms with Crippen molar-refractivity contribution in [2.24, 2.45) is 0 Å². The first-order valence-corrected chi connectivity index (χ1v) is 6.95. The zero-order chi connectivity index (χ0) is 13.2. The van der Waals surface area contributed by atoms with E-state index in [1.807, 2.05) is 13.0 Å². The Labute approximate surface area is 113 Å². The minimum Gasteiger partial charge on any atom is -0.347 e. The maximum absolute atomic E-state index is 12.2. The lowest BCUT2D eigenvalue weighted by Gasteiger charge is -2.42. The Morgan fingerprint density at radius 3 is 2.67 bits per heavy atom. The Hall–Kier alpha value is -1.09. The van der Waals surface area contributed by atoms with Gasteiger partial charge in [0.1, 0.15) is 5.15 Å². The lowest BCUT2D eigenvalue weighted by molar-refractivity contribution is 0.0820. The van der Waals surface area contributed by atoms with Gasteiger partial charge in [-0.15, -0.1) is 0 Å². The first-order chi connectivity index (χ1) is 8.58. The highest BCUT2D eigenvalue weighted by Gasteiger charge is 2.36. The first-order valence-electron chi connectivity index (χ1n) is 6.57. The number of halogens is 1. The highest BCUT2D eigenvalue weighted by Crippen LogP contribution is 2.34. The molecule has 0 radical (unpaired) electrons. The maximum Gasteiger partial charge on any atom is 0.251 e. The van der Waals surface area contributed by atoms with Gasteiger partial charge in [0.2, 0.25) is 0 Å². The molecule has 98 valence electrons. The van der Waals surface area contributed by atoms with E-state index in [-0.39, 0.29) is 11.4 Å². The summed E-state index contributed by atoms with van der Waals surface area (Å²) in [6.07, 6.45) is 5.12. The number of hydrogen-bond donors (Lipinski definition) is 1. The van der Waals surface area contributed by atoms with Crippen LogP contribution in [0, 0.1) is 0 Å². The second-order valence-electron chi connectivity index (χ2n) is 4.96. The molecule has 1 saturated carbocycles. The molecule has 1 aromatic heterocycles. The van der Waals surface area contributed by atoms with Gasteiger partial charge < -0.3 is 5.32 Å². The van der Waals surface area contributed by atoms with E-state index in [0.29, 0.717) is 10.7 Å². The van der Waals surface area contributed by atoms with E-state index in [9.17, 15) is 4.79 Å². The number of hydrogen-bond acceptors (Lipinski definition) is 2. The van der Waals surface area contributed by atoms with Crippen molar-refractivity contribution < 1.29 is 4.79 Å². The number of carbonyl (C=O) groups is 1. The van der Waals surface area contributed by atoms with E-state index in [2.05, 4.69) is 17.2 Å². The number of nitrogens with zero attached hydrogens (tertiary/aromatic N) is 1. The summed E-state index contributed by atoms with van der Waals surface area (Å²) < 4.78 is 0. The van der Waals surface area contributed by atoms with Crippen LogP contribution in [-0.2, 0) is 6.42 Å². The van der Waals surface area contributed by atoms with Gasteiger partial charge in [0.25, 0.3) is 5.91 Å². The summed E-state index contributed by atoms with van der Waals surface area (Å²) in [6.45, 7) is 4.12. The van der Waals surface area contributed by atoms with Gasteiger partial charge in [0, 0.05) is 16.8 Å². The number of aromatic nitrogens is 1. The second kappa shape index (κ2) is 5.27. The van der Waals surface area contributed by atoms with Gasteiger partial charge >= 0.3 is 0 Å². The van der Waals surface area contributed by atoms with Crippen LogP contribution in [0.5, 0.6) is 0 Å². The molecule has 3 nitrogen and oxygen atoms in total. The maximum atomic E-state index is 12.2. The molecular weight excluding hydrogens is 248 g/mol. The lowest BCUT2D eigenvalue weighted by Crippen LogP contribution is -2.53. The van der Waals surface area contributed by atoms with Crippen LogP contribution >= 0.6 is 11.6 Å².